The van der Waals surface area contributed by atoms with Crippen LogP contribution in [0.15, 0.2) is 39.6 Å². The third kappa shape index (κ3) is 3.97. The molecule has 0 atom stereocenters. The van der Waals surface area contributed by atoms with E-state index in [1.165, 1.54) is 11.6 Å². The average Bonchev–Trinajstić information content (AvgIpc) is 2.91. The number of carbonyl (C=O) groups is 1. The van der Waals surface area contributed by atoms with Gasteiger partial charge in [-0.05, 0) is 19.9 Å². The molecule has 9 heteroatoms. The topological polar surface area (TPSA) is 75.6 Å². The number of amides is 1. The molecule has 0 aliphatic carbocycles. The van der Waals surface area contributed by atoms with E-state index in [9.17, 15) is 13.2 Å². The Kier molecular flexibility index (Phi) is 6.03. The maximum Gasteiger partial charge on any atom is 0.283 e. The fraction of sp³-hybridized carbons (Fsp3) is 0.200. The van der Waals surface area contributed by atoms with E-state index in [1.807, 2.05) is 0 Å². The second-order valence-electron chi connectivity index (χ2n) is 5.06. The number of hydrogen-bond donors (Lipinski definition) is 1. The average molecular weight is 405 g/mol. The zero-order chi connectivity index (χ0) is 17.9. The van der Waals surface area contributed by atoms with E-state index >= 15 is 0 Å². The largest absolute Gasteiger partial charge is 0.283 e. The van der Waals surface area contributed by atoms with Gasteiger partial charge in [-0.2, -0.15) is 5.10 Å². The van der Waals surface area contributed by atoms with Gasteiger partial charge in [-0.3, -0.25) is 4.79 Å². The molecule has 0 saturated heterocycles. The quantitative estimate of drug-likeness (QED) is 0.604. The van der Waals surface area contributed by atoms with Gasteiger partial charge in [-0.25, -0.2) is 13.8 Å². The van der Waals surface area contributed by atoms with E-state index in [0.29, 0.717) is 10.6 Å². The van der Waals surface area contributed by atoms with Crippen LogP contribution >= 0.6 is 34.5 Å². The van der Waals surface area contributed by atoms with Crippen LogP contribution in [-0.2, 0) is 9.84 Å². The van der Waals surface area contributed by atoms with Gasteiger partial charge in [-0.15, -0.1) is 11.3 Å². The Morgan fingerprint density at radius 1 is 1.29 bits per heavy atom. The molecule has 2 rings (SSSR count). The molecule has 24 heavy (non-hydrogen) atoms. The van der Waals surface area contributed by atoms with Crippen LogP contribution in [0, 0.1) is 0 Å². The van der Waals surface area contributed by atoms with Gasteiger partial charge in [0.15, 0.2) is 9.84 Å². The molecule has 0 bridgehead atoms. The Balaban J connectivity index is 2.17. The highest BCUT2D eigenvalue weighted by atomic mass is 35.5. The van der Waals surface area contributed by atoms with Crippen LogP contribution in [0.5, 0.6) is 0 Å². The van der Waals surface area contributed by atoms with Crippen LogP contribution in [0.4, 0.5) is 0 Å². The molecular weight excluding hydrogens is 391 g/mol. The molecule has 5 nitrogen and oxygen atoms in total. The highest BCUT2D eigenvalue weighted by Crippen LogP contribution is 2.33. The molecule has 0 spiro atoms. The van der Waals surface area contributed by atoms with Crippen molar-refractivity contribution in [2.45, 2.75) is 24.0 Å². The maximum atomic E-state index is 12.2. The number of nitrogens with one attached hydrogen (secondary N) is 1. The summed E-state index contributed by atoms with van der Waals surface area (Å²) < 4.78 is 24.3. The standard InChI is InChI=1S/C15H14Cl2N2O3S2/c1-9(2)24(21,22)12-8-23-14(13(12)17)15(20)19-18-7-10-5-3-4-6-11(10)16/h3-9H,1-2H3,(H,19,20)/b18-7-. The van der Waals surface area contributed by atoms with Crippen molar-refractivity contribution >= 4 is 56.5 Å². The summed E-state index contributed by atoms with van der Waals surface area (Å²) in [7, 11) is -3.55. The maximum absolute atomic E-state index is 12.2. The number of sulfone groups is 1. The first-order valence-electron chi connectivity index (χ1n) is 6.84. The minimum atomic E-state index is -3.55. The number of hydrazone groups is 1. The smallest absolute Gasteiger partial charge is 0.266 e. The molecule has 1 aromatic carbocycles. The molecule has 1 heterocycles. The number of thiophene rings is 1. The second-order valence-corrected chi connectivity index (χ2v) is 9.19. The fourth-order valence-electron chi connectivity index (χ4n) is 1.72. The van der Waals surface area contributed by atoms with E-state index in [-0.39, 0.29) is 14.8 Å². The van der Waals surface area contributed by atoms with Gasteiger partial charge in [-0.1, -0.05) is 41.4 Å². The molecule has 2 aromatic rings. The van der Waals surface area contributed by atoms with Crippen LogP contribution in [0.2, 0.25) is 10.0 Å². The Labute approximate surface area is 154 Å². The van der Waals surface area contributed by atoms with E-state index in [4.69, 9.17) is 23.2 Å². The number of halogens is 2. The van der Waals surface area contributed by atoms with E-state index in [0.717, 1.165) is 11.3 Å². The molecule has 128 valence electrons. The van der Waals surface area contributed by atoms with Crippen molar-refractivity contribution in [3.05, 3.63) is 50.1 Å². The van der Waals surface area contributed by atoms with Crippen LogP contribution in [0.3, 0.4) is 0 Å². The minimum Gasteiger partial charge on any atom is -0.266 e. The lowest BCUT2D eigenvalue weighted by molar-refractivity contribution is 0.0959. The Morgan fingerprint density at radius 2 is 1.96 bits per heavy atom. The van der Waals surface area contributed by atoms with Gasteiger partial charge in [0, 0.05) is 16.0 Å². The highest BCUT2D eigenvalue weighted by molar-refractivity contribution is 7.92. The molecule has 0 fully saturated rings. The van der Waals surface area contributed by atoms with E-state index in [2.05, 4.69) is 10.5 Å². The summed E-state index contributed by atoms with van der Waals surface area (Å²) in [5.74, 6) is -0.585. The predicted molar refractivity (Wildman–Crippen MR) is 98.2 cm³/mol. The fourth-order valence-corrected chi connectivity index (χ4v) is 4.88. The van der Waals surface area contributed by atoms with Crippen LogP contribution in [0.25, 0.3) is 0 Å². The van der Waals surface area contributed by atoms with Crippen molar-refractivity contribution in [3.8, 4) is 0 Å². The second kappa shape index (κ2) is 7.65. The highest BCUT2D eigenvalue weighted by Gasteiger charge is 2.27. The van der Waals surface area contributed by atoms with Crippen molar-refractivity contribution < 1.29 is 13.2 Å². The molecule has 0 radical (unpaired) electrons. The molecule has 0 unspecified atom stereocenters. The summed E-state index contributed by atoms with van der Waals surface area (Å²) in [5, 5.41) is 4.97. The SMILES string of the molecule is CC(C)S(=O)(=O)c1csc(C(=O)N/N=C\c2ccccc2Cl)c1Cl. The van der Waals surface area contributed by atoms with Gasteiger partial charge >= 0.3 is 0 Å². The summed E-state index contributed by atoms with van der Waals surface area (Å²) >= 11 is 13.0. The number of nitrogens with zero attached hydrogens (tertiary/aromatic N) is 1. The lowest BCUT2D eigenvalue weighted by atomic mass is 10.2. The predicted octanol–water partition coefficient (Wildman–Crippen LogP) is 4.00. The first-order valence-corrected chi connectivity index (χ1v) is 10.0. The van der Waals surface area contributed by atoms with Gasteiger partial charge in [0.2, 0.25) is 0 Å². The van der Waals surface area contributed by atoms with Crippen LogP contribution in [-0.4, -0.2) is 25.8 Å². The van der Waals surface area contributed by atoms with Crippen molar-refractivity contribution in [2.75, 3.05) is 0 Å². The van der Waals surface area contributed by atoms with Crippen LogP contribution < -0.4 is 5.43 Å². The third-order valence-electron chi connectivity index (χ3n) is 3.11. The van der Waals surface area contributed by atoms with E-state index < -0.39 is 21.0 Å². The number of carbonyl (C=O) groups excluding carboxylic acids is 1. The van der Waals surface area contributed by atoms with Crippen molar-refractivity contribution in [3.63, 3.8) is 0 Å². The molecule has 0 saturated carbocycles. The molecule has 1 amide bonds. The van der Waals surface area contributed by atoms with E-state index in [1.54, 1.807) is 38.1 Å². The van der Waals surface area contributed by atoms with Crippen molar-refractivity contribution in [1.29, 1.82) is 0 Å². The molecule has 1 N–H and O–H groups in total. The van der Waals surface area contributed by atoms with Crippen molar-refractivity contribution in [2.24, 2.45) is 5.10 Å². The molecular formula is C15H14Cl2N2O3S2. The first kappa shape index (κ1) is 18.9. The molecule has 0 aliphatic heterocycles. The Hall–Kier alpha value is -1.41. The zero-order valence-corrected chi connectivity index (χ0v) is 15.9. The third-order valence-corrected chi connectivity index (χ3v) is 7.37. The summed E-state index contributed by atoms with van der Waals surface area (Å²) in [4.78, 5) is 12.2. The normalized spacial score (nSPS) is 12.0. The van der Waals surface area contributed by atoms with Gasteiger partial charge < -0.3 is 0 Å². The summed E-state index contributed by atoms with van der Waals surface area (Å²) in [6.07, 6.45) is 1.40. The monoisotopic (exact) mass is 404 g/mol. The zero-order valence-electron chi connectivity index (χ0n) is 12.8. The summed E-state index contributed by atoms with van der Waals surface area (Å²) in [6.45, 7) is 3.11. The number of benzene rings is 1. The minimum absolute atomic E-state index is 0.0376. The lowest BCUT2D eigenvalue weighted by Gasteiger charge is -2.06. The Morgan fingerprint density at radius 3 is 2.58 bits per heavy atom. The number of rotatable bonds is 5. The summed E-state index contributed by atoms with van der Waals surface area (Å²) in [6, 6.07) is 7.00. The molecule has 0 aliphatic rings. The Bertz CT molecular complexity index is 890. The number of hydrogen-bond acceptors (Lipinski definition) is 5. The molecule has 1 aromatic heterocycles. The van der Waals surface area contributed by atoms with Crippen molar-refractivity contribution in [1.82, 2.24) is 5.43 Å². The van der Waals surface area contributed by atoms with Gasteiger partial charge in [0.05, 0.1) is 21.4 Å². The van der Waals surface area contributed by atoms with Gasteiger partial charge in [0.25, 0.3) is 5.91 Å². The van der Waals surface area contributed by atoms with Crippen LogP contribution in [0.1, 0.15) is 29.1 Å². The summed E-state index contributed by atoms with van der Waals surface area (Å²) in [5.41, 5.74) is 2.95. The lowest BCUT2D eigenvalue weighted by Crippen LogP contribution is -2.17. The van der Waals surface area contributed by atoms with Gasteiger partial charge in [0.1, 0.15) is 4.88 Å². The first-order chi connectivity index (χ1) is 11.2.